The van der Waals surface area contributed by atoms with Crippen LogP contribution in [0.4, 0.5) is 0 Å². The molecule has 1 unspecified atom stereocenters. The molecule has 2 fully saturated rings. The van der Waals surface area contributed by atoms with Gasteiger partial charge in [-0.25, -0.2) is 0 Å². The van der Waals surface area contributed by atoms with Crippen LogP contribution in [-0.2, 0) is 0 Å². The maximum atomic E-state index is 2.62. The summed E-state index contributed by atoms with van der Waals surface area (Å²) in [6.45, 7) is 2.42. The van der Waals surface area contributed by atoms with Crippen LogP contribution in [0.15, 0.2) is 0 Å². The molecule has 0 heteroatoms. The molecule has 2 aliphatic carbocycles. The van der Waals surface area contributed by atoms with E-state index in [1.807, 2.05) is 0 Å². The Morgan fingerprint density at radius 3 is 2.38 bits per heavy atom. The second-order valence-electron chi connectivity index (χ2n) is 5.17. The van der Waals surface area contributed by atoms with Gasteiger partial charge in [-0.3, -0.25) is 0 Å². The maximum Gasteiger partial charge on any atom is -0.0352 e. The molecule has 1 radical (unpaired) electrons. The van der Waals surface area contributed by atoms with Gasteiger partial charge in [0, 0.05) is 0 Å². The number of hydrogen-bond acceptors (Lipinski definition) is 0. The lowest BCUT2D eigenvalue weighted by atomic mass is 9.84. The Hall–Kier alpha value is 0. The Labute approximate surface area is 83.1 Å². The predicted molar refractivity (Wildman–Crippen MR) is 57.4 cm³/mol. The van der Waals surface area contributed by atoms with Crippen molar-refractivity contribution in [2.45, 2.75) is 58.3 Å². The van der Waals surface area contributed by atoms with Gasteiger partial charge in [0.15, 0.2) is 0 Å². The zero-order chi connectivity index (χ0) is 9.10. The van der Waals surface area contributed by atoms with E-state index in [4.69, 9.17) is 0 Å². The summed E-state index contributed by atoms with van der Waals surface area (Å²) < 4.78 is 0. The summed E-state index contributed by atoms with van der Waals surface area (Å²) in [5, 5.41) is 0. The Bertz CT molecular complexity index is 140. The molecule has 2 rings (SSSR count). The molecule has 1 atom stereocenters. The van der Waals surface area contributed by atoms with Crippen LogP contribution in [-0.4, -0.2) is 0 Å². The Balaban J connectivity index is 1.60. The van der Waals surface area contributed by atoms with Gasteiger partial charge in [-0.05, 0) is 43.4 Å². The van der Waals surface area contributed by atoms with Crippen LogP contribution in [0.5, 0.6) is 0 Å². The summed E-state index contributed by atoms with van der Waals surface area (Å²) in [4.78, 5) is 0. The standard InChI is InChI=1S/C13H23/c1-11(13-9-10-13)7-8-12-5-3-2-4-6-12/h7,11-13H,2-6,8-10H2,1H3. The molecule has 75 valence electrons. The highest BCUT2D eigenvalue weighted by Gasteiger charge is 2.28. The predicted octanol–water partition coefficient (Wildman–Crippen LogP) is 4.21. The first kappa shape index (κ1) is 9.55. The highest BCUT2D eigenvalue weighted by Crippen LogP contribution is 2.39. The lowest BCUT2D eigenvalue weighted by Gasteiger charge is -2.22. The molecular weight excluding hydrogens is 156 g/mol. The Morgan fingerprint density at radius 1 is 1.08 bits per heavy atom. The molecule has 0 aromatic heterocycles. The van der Waals surface area contributed by atoms with Crippen molar-refractivity contribution in [3.63, 3.8) is 0 Å². The lowest BCUT2D eigenvalue weighted by Crippen LogP contribution is -2.09. The first-order valence-electron chi connectivity index (χ1n) is 6.19. The Morgan fingerprint density at radius 2 is 1.77 bits per heavy atom. The first-order valence-corrected chi connectivity index (χ1v) is 6.19. The molecule has 0 amide bonds. The normalized spacial score (nSPS) is 27.5. The van der Waals surface area contributed by atoms with Crippen molar-refractivity contribution in [2.75, 3.05) is 0 Å². The third-order valence-corrected chi connectivity index (χ3v) is 3.93. The van der Waals surface area contributed by atoms with Crippen LogP contribution in [0.25, 0.3) is 0 Å². The van der Waals surface area contributed by atoms with E-state index in [-0.39, 0.29) is 0 Å². The van der Waals surface area contributed by atoms with E-state index in [9.17, 15) is 0 Å². The van der Waals surface area contributed by atoms with Gasteiger partial charge < -0.3 is 0 Å². The largest absolute Gasteiger partial charge is 0.0620 e. The molecule has 0 aromatic rings. The van der Waals surface area contributed by atoms with Crippen LogP contribution in [0, 0.1) is 24.2 Å². The van der Waals surface area contributed by atoms with Crippen LogP contribution >= 0.6 is 0 Å². The van der Waals surface area contributed by atoms with Gasteiger partial charge in [0.05, 0.1) is 0 Å². The van der Waals surface area contributed by atoms with E-state index >= 15 is 0 Å². The van der Waals surface area contributed by atoms with Crippen LogP contribution in [0.1, 0.15) is 58.3 Å². The zero-order valence-corrected chi connectivity index (χ0v) is 8.97. The summed E-state index contributed by atoms with van der Waals surface area (Å²) in [5.41, 5.74) is 0. The van der Waals surface area contributed by atoms with Gasteiger partial charge in [-0.15, -0.1) is 0 Å². The fraction of sp³-hybridized carbons (Fsp3) is 0.923. The van der Waals surface area contributed by atoms with Crippen LogP contribution < -0.4 is 0 Å². The van der Waals surface area contributed by atoms with Crippen molar-refractivity contribution in [1.29, 1.82) is 0 Å². The minimum Gasteiger partial charge on any atom is -0.0620 e. The van der Waals surface area contributed by atoms with Gasteiger partial charge in [0.1, 0.15) is 0 Å². The van der Waals surface area contributed by atoms with E-state index < -0.39 is 0 Å². The first-order chi connectivity index (χ1) is 6.36. The van der Waals surface area contributed by atoms with Gasteiger partial charge in [0.2, 0.25) is 0 Å². The third kappa shape index (κ3) is 3.00. The molecule has 0 spiro atoms. The molecule has 0 N–H and O–H groups in total. The van der Waals surface area contributed by atoms with Crippen LogP contribution in [0.2, 0.25) is 0 Å². The van der Waals surface area contributed by atoms with E-state index in [0.717, 1.165) is 17.8 Å². The second-order valence-corrected chi connectivity index (χ2v) is 5.17. The monoisotopic (exact) mass is 179 g/mol. The smallest absolute Gasteiger partial charge is 0.0352 e. The van der Waals surface area contributed by atoms with Gasteiger partial charge in [-0.1, -0.05) is 39.0 Å². The quantitative estimate of drug-likeness (QED) is 0.606. The SMILES string of the molecule is CC([CH]CC1CCCCC1)C1CC1. The molecule has 0 aliphatic heterocycles. The molecule has 0 aromatic carbocycles. The average molecular weight is 179 g/mol. The van der Waals surface area contributed by atoms with Gasteiger partial charge >= 0.3 is 0 Å². The number of rotatable bonds is 4. The Kier molecular flexibility index (Phi) is 3.29. The van der Waals surface area contributed by atoms with Gasteiger partial charge in [-0.2, -0.15) is 0 Å². The van der Waals surface area contributed by atoms with E-state index in [1.54, 1.807) is 0 Å². The number of hydrogen-bond donors (Lipinski definition) is 0. The van der Waals surface area contributed by atoms with Gasteiger partial charge in [0.25, 0.3) is 0 Å². The molecule has 2 aliphatic rings. The van der Waals surface area contributed by atoms with Crippen molar-refractivity contribution in [1.82, 2.24) is 0 Å². The van der Waals surface area contributed by atoms with Crippen molar-refractivity contribution in [2.24, 2.45) is 17.8 Å². The summed E-state index contributed by atoms with van der Waals surface area (Å²) in [6.07, 6.45) is 14.5. The van der Waals surface area contributed by atoms with Crippen LogP contribution in [0.3, 0.4) is 0 Å². The highest BCUT2D eigenvalue weighted by molar-refractivity contribution is 4.88. The minimum absolute atomic E-state index is 0.918. The van der Waals surface area contributed by atoms with Crippen molar-refractivity contribution < 1.29 is 0 Å². The maximum absolute atomic E-state index is 2.62. The van der Waals surface area contributed by atoms with Crippen molar-refractivity contribution in [3.05, 3.63) is 6.42 Å². The average Bonchev–Trinajstić information content (AvgIpc) is 2.99. The van der Waals surface area contributed by atoms with Crippen molar-refractivity contribution in [3.8, 4) is 0 Å². The molecule has 0 heterocycles. The van der Waals surface area contributed by atoms with E-state index in [1.165, 1.54) is 51.4 Å². The summed E-state index contributed by atoms with van der Waals surface area (Å²) in [5.74, 6) is 3.04. The minimum atomic E-state index is 0.918. The lowest BCUT2D eigenvalue weighted by molar-refractivity contribution is 0.341. The zero-order valence-electron chi connectivity index (χ0n) is 8.97. The van der Waals surface area contributed by atoms with E-state index in [0.29, 0.717) is 0 Å². The molecule has 0 saturated heterocycles. The summed E-state index contributed by atoms with van der Waals surface area (Å²) in [7, 11) is 0. The molecule has 13 heavy (non-hydrogen) atoms. The molecule has 0 bridgehead atoms. The third-order valence-electron chi connectivity index (χ3n) is 3.93. The summed E-state index contributed by atoms with van der Waals surface area (Å²) >= 11 is 0. The molecular formula is C13H23. The highest BCUT2D eigenvalue weighted by atomic mass is 14.3. The molecule has 0 nitrogen and oxygen atoms in total. The second kappa shape index (κ2) is 4.48. The topological polar surface area (TPSA) is 0 Å². The fourth-order valence-electron chi connectivity index (χ4n) is 2.64. The molecule has 2 saturated carbocycles. The van der Waals surface area contributed by atoms with Crippen molar-refractivity contribution >= 4 is 0 Å². The summed E-state index contributed by atoms with van der Waals surface area (Å²) in [6, 6.07) is 0. The van der Waals surface area contributed by atoms with E-state index in [2.05, 4.69) is 13.3 Å². The fourth-order valence-corrected chi connectivity index (χ4v) is 2.64.